The Kier molecular flexibility index (Phi) is 4.78. The molecule has 0 spiro atoms. The van der Waals surface area contributed by atoms with Crippen LogP contribution >= 0.6 is 11.3 Å². The third-order valence-electron chi connectivity index (χ3n) is 3.66. The van der Waals surface area contributed by atoms with Crippen LogP contribution in [0.1, 0.15) is 5.56 Å². The minimum absolute atomic E-state index is 0.0485. The fourth-order valence-corrected chi connectivity index (χ4v) is 3.14. The first-order valence-electron chi connectivity index (χ1n) is 7.40. The van der Waals surface area contributed by atoms with Crippen LogP contribution in [0, 0.1) is 11.3 Å². The first-order chi connectivity index (χ1) is 12.2. The summed E-state index contributed by atoms with van der Waals surface area (Å²) in [6.07, 6.45) is 0. The Morgan fingerprint density at radius 2 is 1.44 bits per heavy atom. The van der Waals surface area contributed by atoms with Gasteiger partial charge in [0.2, 0.25) is 0 Å². The monoisotopic (exact) mass is 350 g/mol. The number of methoxy groups -OCH3 is 2. The molecule has 5 nitrogen and oxygen atoms in total. The van der Waals surface area contributed by atoms with E-state index in [1.165, 1.54) is 0 Å². The summed E-state index contributed by atoms with van der Waals surface area (Å²) in [7, 11) is 3.17. The van der Waals surface area contributed by atoms with E-state index in [1.807, 2.05) is 18.2 Å². The van der Waals surface area contributed by atoms with Crippen LogP contribution in [-0.4, -0.2) is 19.2 Å². The molecular weight excluding hydrogens is 336 g/mol. The number of benzene rings is 2. The van der Waals surface area contributed by atoms with Crippen molar-refractivity contribution in [2.45, 2.75) is 0 Å². The van der Waals surface area contributed by atoms with Gasteiger partial charge in [0.1, 0.15) is 28.1 Å². The van der Waals surface area contributed by atoms with E-state index in [0.717, 1.165) is 22.6 Å². The zero-order valence-electron chi connectivity index (χ0n) is 13.6. The van der Waals surface area contributed by atoms with Crippen LogP contribution < -0.4 is 14.2 Å². The van der Waals surface area contributed by atoms with Gasteiger partial charge in [0.15, 0.2) is 0 Å². The standard InChI is InChI=1S/C19H14N2O3S/c1-23-14-7-3-12(4-8-14)17-16(11-20)19(22)25-18(21-17)13-5-9-15(24-2)10-6-13/h3-10H,1-2H3. The number of hydrogen-bond acceptors (Lipinski definition) is 6. The summed E-state index contributed by atoms with van der Waals surface area (Å²) in [6, 6.07) is 16.4. The summed E-state index contributed by atoms with van der Waals surface area (Å²) in [5.74, 6) is 1.42. The smallest absolute Gasteiger partial charge is 0.254 e. The molecule has 0 saturated heterocycles. The Morgan fingerprint density at radius 3 is 1.92 bits per heavy atom. The van der Waals surface area contributed by atoms with E-state index in [4.69, 9.17) is 9.47 Å². The van der Waals surface area contributed by atoms with Gasteiger partial charge in [-0.25, -0.2) is 4.98 Å². The zero-order chi connectivity index (χ0) is 17.8. The van der Waals surface area contributed by atoms with Crippen molar-refractivity contribution < 1.29 is 9.47 Å². The van der Waals surface area contributed by atoms with E-state index >= 15 is 0 Å². The van der Waals surface area contributed by atoms with Gasteiger partial charge in [-0.15, -0.1) is 0 Å². The number of ether oxygens (including phenoxy) is 2. The SMILES string of the molecule is COc1ccc(-c2nc(-c3ccc(OC)cc3)c(C#N)c(=O)s2)cc1. The Bertz CT molecular complexity index is 987. The maximum atomic E-state index is 12.4. The first kappa shape index (κ1) is 16.7. The molecule has 0 radical (unpaired) electrons. The van der Waals surface area contributed by atoms with E-state index < -0.39 is 0 Å². The molecule has 1 heterocycles. The highest BCUT2D eigenvalue weighted by Gasteiger charge is 2.15. The topological polar surface area (TPSA) is 72.2 Å². The quantitative estimate of drug-likeness (QED) is 0.717. The van der Waals surface area contributed by atoms with Gasteiger partial charge < -0.3 is 9.47 Å². The van der Waals surface area contributed by atoms with Crippen LogP contribution in [0.2, 0.25) is 0 Å². The van der Waals surface area contributed by atoms with E-state index in [9.17, 15) is 10.1 Å². The third-order valence-corrected chi connectivity index (χ3v) is 4.57. The molecule has 0 unspecified atom stereocenters. The molecule has 124 valence electrons. The van der Waals surface area contributed by atoms with Crippen molar-refractivity contribution in [3.05, 3.63) is 63.6 Å². The second-order valence-electron chi connectivity index (χ2n) is 5.10. The lowest BCUT2D eigenvalue weighted by Crippen LogP contribution is -2.06. The van der Waals surface area contributed by atoms with E-state index in [2.05, 4.69) is 4.98 Å². The van der Waals surface area contributed by atoms with Gasteiger partial charge in [0.25, 0.3) is 4.74 Å². The molecule has 0 aliphatic heterocycles. The molecule has 0 atom stereocenters. The molecule has 0 bridgehead atoms. The van der Waals surface area contributed by atoms with Crippen molar-refractivity contribution in [3.63, 3.8) is 0 Å². The number of nitriles is 1. The fourth-order valence-electron chi connectivity index (χ4n) is 2.33. The van der Waals surface area contributed by atoms with Gasteiger partial charge in [-0.05, 0) is 48.5 Å². The largest absolute Gasteiger partial charge is 0.497 e. The van der Waals surface area contributed by atoms with Crippen LogP contribution in [0.3, 0.4) is 0 Å². The van der Waals surface area contributed by atoms with Crippen LogP contribution in [0.5, 0.6) is 11.5 Å². The molecule has 0 N–H and O–H groups in total. The van der Waals surface area contributed by atoms with Gasteiger partial charge in [-0.3, -0.25) is 4.79 Å². The number of aromatic nitrogens is 1. The predicted molar refractivity (Wildman–Crippen MR) is 97.1 cm³/mol. The Morgan fingerprint density at radius 1 is 0.920 bits per heavy atom. The number of rotatable bonds is 4. The van der Waals surface area contributed by atoms with Crippen molar-refractivity contribution in [1.82, 2.24) is 4.98 Å². The minimum Gasteiger partial charge on any atom is -0.497 e. The molecule has 0 saturated carbocycles. The molecule has 0 amide bonds. The molecule has 0 fully saturated rings. The lowest BCUT2D eigenvalue weighted by atomic mass is 10.1. The van der Waals surface area contributed by atoms with E-state index in [1.54, 1.807) is 50.6 Å². The lowest BCUT2D eigenvalue weighted by molar-refractivity contribution is 0.415. The van der Waals surface area contributed by atoms with Crippen LogP contribution in [0.4, 0.5) is 0 Å². The summed E-state index contributed by atoms with van der Waals surface area (Å²) in [5, 5.41) is 9.92. The third kappa shape index (κ3) is 3.37. The number of hydrogen-bond donors (Lipinski definition) is 0. The second kappa shape index (κ2) is 7.16. The molecule has 0 aliphatic carbocycles. The Labute approximate surface area is 148 Å². The molecule has 6 heteroatoms. The summed E-state index contributed by atoms with van der Waals surface area (Å²) in [5.41, 5.74) is 1.91. The van der Waals surface area contributed by atoms with Crippen molar-refractivity contribution in [3.8, 4) is 39.4 Å². The van der Waals surface area contributed by atoms with Gasteiger partial charge in [0.05, 0.1) is 19.9 Å². The number of nitrogens with zero attached hydrogens (tertiary/aromatic N) is 2. The first-order valence-corrected chi connectivity index (χ1v) is 8.22. The van der Waals surface area contributed by atoms with Crippen molar-refractivity contribution in [1.29, 1.82) is 5.26 Å². The van der Waals surface area contributed by atoms with Crippen LogP contribution in [0.15, 0.2) is 53.3 Å². The van der Waals surface area contributed by atoms with Crippen LogP contribution in [0.25, 0.3) is 21.8 Å². The molecular formula is C19H14N2O3S. The van der Waals surface area contributed by atoms with Crippen molar-refractivity contribution in [2.75, 3.05) is 14.2 Å². The summed E-state index contributed by atoms with van der Waals surface area (Å²) in [4.78, 5) is 17.0. The van der Waals surface area contributed by atoms with E-state index in [0.29, 0.717) is 22.0 Å². The minimum atomic E-state index is -0.311. The molecule has 25 heavy (non-hydrogen) atoms. The second-order valence-corrected chi connectivity index (χ2v) is 6.06. The highest BCUT2D eigenvalue weighted by Crippen LogP contribution is 2.28. The normalized spacial score (nSPS) is 10.1. The predicted octanol–water partition coefficient (Wildman–Crippen LogP) is 3.73. The average Bonchev–Trinajstić information content (AvgIpc) is 2.67. The van der Waals surface area contributed by atoms with Crippen LogP contribution in [-0.2, 0) is 0 Å². The molecule has 2 aromatic carbocycles. The van der Waals surface area contributed by atoms with Gasteiger partial charge >= 0.3 is 0 Å². The Balaban J connectivity index is 2.14. The van der Waals surface area contributed by atoms with Gasteiger partial charge in [-0.2, -0.15) is 5.26 Å². The molecule has 3 rings (SSSR count). The average molecular weight is 350 g/mol. The zero-order valence-corrected chi connectivity index (χ0v) is 14.5. The highest BCUT2D eigenvalue weighted by molar-refractivity contribution is 7.12. The highest BCUT2D eigenvalue weighted by atomic mass is 32.1. The van der Waals surface area contributed by atoms with Crippen molar-refractivity contribution in [2.24, 2.45) is 0 Å². The van der Waals surface area contributed by atoms with Crippen molar-refractivity contribution >= 4 is 11.3 Å². The molecule has 1 aromatic heterocycles. The molecule has 0 aliphatic rings. The maximum absolute atomic E-state index is 12.4. The van der Waals surface area contributed by atoms with Gasteiger partial charge in [-0.1, -0.05) is 11.3 Å². The maximum Gasteiger partial charge on any atom is 0.254 e. The lowest BCUT2D eigenvalue weighted by Gasteiger charge is -2.07. The fraction of sp³-hybridized carbons (Fsp3) is 0.105. The summed E-state index contributed by atoms with van der Waals surface area (Å²) in [6.45, 7) is 0. The summed E-state index contributed by atoms with van der Waals surface area (Å²) >= 11 is 0.957. The van der Waals surface area contributed by atoms with Gasteiger partial charge in [0, 0.05) is 11.1 Å². The Hall–Kier alpha value is -3.17. The summed E-state index contributed by atoms with van der Waals surface area (Å²) < 4.78 is 9.98. The molecule has 3 aromatic rings. The van der Waals surface area contributed by atoms with E-state index in [-0.39, 0.29) is 10.3 Å².